The molecule has 0 saturated heterocycles. The van der Waals surface area contributed by atoms with Gasteiger partial charge in [-0.15, -0.1) is 0 Å². The van der Waals surface area contributed by atoms with Crippen LogP contribution in [0.5, 0.6) is 5.75 Å². The second-order valence-corrected chi connectivity index (χ2v) is 5.55. The smallest absolute Gasteiger partial charge is 0.133 e. The molecule has 0 unspecified atom stereocenters. The largest absolute Gasteiger partial charge is 0.493 e. The topological polar surface area (TPSA) is 26.3 Å². The number of ketones is 1. The van der Waals surface area contributed by atoms with Crippen LogP contribution in [0.1, 0.15) is 45.2 Å². The molecule has 1 rings (SSSR count). The van der Waals surface area contributed by atoms with E-state index < -0.39 is 0 Å². The zero-order chi connectivity index (χ0) is 13.1. The zero-order valence-electron chi connectivity index (χ0n) is 11.5. The molecule has 0 aromatic heterocycles. The molecule has 0 saturated carbocycles. The summed E-state index contributed by atoms with van der Waals surface area (Å²) in [6.45, 7) is 10.6. The van der Waals surface area contributed by atoms with Crippen molar-refractivity contribution in [2.45, 2.75) is 46.5 Å². The van der Waals surface area contributed by atoms with Crippen molar-refractivity contribution in [1.29, 1.82) is 0 Å². The second kappa shape index (κ2) is 5.35. The van der Waals surface area contributed by atoms with Gasteiger partial charge in [0.15, 0.2) is 0 Å². The molecule has 1 aromatic rings. The normalized spacial score (nSPS) is 11.4. The first-order valence-electron chi connectivity index (χ1n) is 6.04. The Morgan fingerprint density at radius 1 is 1.29 bits per heavy atom. The summed E-state index contributed by atoms with van der Waals surface area (Å²) in [5.74, 6) is 1.05. The average molecular weight is 234 g/mol. The number of ether oxygens (including phenoxy) is 1. The molecule has 94 valence electrons. The molecule has 0 spiro atoms. The maximum atomic E-state index is 10.9. The summed E-state index contributed by atoms with van der Waals surface area (Å²) in [6, 6.07) is 6.19. The summed E-state index contributed by atoms with van der Waals surface area (Å²) in [5.41, 5.74) is 2.48. The molecule has 0 atom stereocenters. The van der Waals surface area contributed by atoms with E-state index in [1.165, 1.54) is 11.1 Å². The molecule has 0 aliphatic rings. The molecule has 0 heterocycles. The highest BCUT2D eigenvalue weighted by Crippen LogP contribution is 2.32. The van der Waals surface area contributed by atoms with Crippen LogP contribution in [0.15, 0.2) is 18.2 Å². The predicted molar refractivity (Wildman–Crippen MR) is 70.7 cm³/mol. The highest BCUT2D eigenvalue weighted by Gasteiger charge is 2.19. The number of rotatable bonds is 4. The Bertz CT molecular complexity index is 400. The van der Waals surface area contributed by atoms with Crippen LogP contribution in [0.3, 0.4) is 0 Å². The van der Waals surface area contributed by atoms with Crippen LogP contribution in [0.25, 0.3) is 0 Å². The van der Waals surface area contributed by atoms with Crippen molar-refractivity contribution in [3.63, 3.8) is 0 Å². The number of Topliss-reactive ketones (excluding diaryl/α,β-unsaturated/α-hetero) is 1. The van der Waals surface area contributed by atoms with E-state index in [0.717, 1.165) is 5.75 Å². The van der Waals surface area contributed by atoms with Gasteiger partial charge in [0.2, 0.25) is 0 Å². The molecule has 0 aliphatic heterocycles. The Labute approximate surface area is 104 Å². The third-order valence-corrected chi connectivity index (χ3v) is 2.65. The SMILES string of the molecule is CC(=O)CCOc1ccc(C)cc1C(C)(C)C. The quantitative estimate of drug-likeness (QED) is 0.795. The van der Waals surface area contributed by atoms with Gasteiger partial charge in [0.25, 0.3) is 0 Å². The van der Waals surface area contributed by atoms with E-state index in [4.69, 9.17) is 4.74 Å². The third-order valence-electron chi connectivity index (χ3n) is 2.65. The maximum Gasteiger partial charge on any atom is 0.133 e. The Balaban J connectivity index is 2.87. The molecule has 0 N–H and O–H groups in total. The lowest BCUT2D eigenvalue weighted by molar-refractivity contribution is -0.117. The van der Waals surface area contributed by atoms with Gasteiger partial charge in [0.1, 0.15) is 11.5 Å². The van der Waals surface area contributed by atoms with Gasteiger partial charge in [-0.05, 0) is 30.9 Å². The molecule has 1 aromatic carbocycles. The summed E-state index contributed by atoms with van der Waals surface area (Å²) in [5, 5.41) is 0. The van der Waals surface area contributed by atoms with Crippen molar-refractivity contribution in [2.24, 2.45) is 0 Å². The van der Waals surface area contributed by atoms with E-state index >= 15 is 0 Å². The van der Waals surface area contributed by atoms with Crippen LogP contribution in [0.4, 0.5) is 0 Å². The molecule has 0 aliphatic carbocycles. The third kappa shape index (κ3) is 4.22. The van der Waals surface area contributed by atoms with Crippen LogP contribution in [0.2, 0.25) is 0 Å². The van der Waals surface area contributed by atoms with E-state index in [2.05, 4.69) is 33.8 Å². The van der Waals surface area contributed by atoms with Crippen molar-refractivity contribution in [2.75, 3.05) is 6.61 Å². The average Bonchev–Trinajstić information content (AvgIpc) is 2.18. The Hall–Kier alpha value is -1.31. The fraction of sp³-hybridized carbons (Fsp3) is 0.533. The molecule has 0 bridgehead atoms. The number of hydrogen-bond acceptors (Lipinski definition) is 2. The highest BCUT2D eigenvalue weighted by molar-refractivity contribution is 5.75. The van der Waals surface area contributed by atoms with Gasteiger partial charge in [-0.1, -0.05) is 38.5 Å². The number of carbonyl (C=O) groups is 1. The van der Waals surface area contributed by atoms with Gasteiger partial charge < -0.3 is 4.74 Å². The van der Waals surface area contributed by atoms with Gasteiger partial charge in [0, 0.05) is 6.42 Å². The Morgan fingerprint density at radius 3 is 2.47 bits per heavy atom. The standard InChI is InChI=1S/C15H22O2/c1-11-6-7-14(17-9-8-12(2)16)13(10-11)15(3,4)5/h6-7,10H,8-9H2,1-5H3. The van der Waals surface area contributed by atoms with Crippen molar-refractivity contribution in [3.8, 4) is 5.75 Å². The summed E-state index contributed by atoms with van der Waals surface area (Å²) in [4.78, 5) is 10.9. The van der Waals surface area contributed by atoms with Crippen molar-refractivity contribution in [1.82, 2.24) is 0 Å². The lowest BCUT2D eigenvalue weighted by Gasteiger charge is -2.23. The predicted octanol–water partition coefficient (Wildman–Crippen LogP) is 3.65. The van der Waals surface area contributed by atoms with Crippen LogP contribution < -0.4 is 4.74 Å². The minimum Gasteiger partial charge on any atom is -0.493 e. The first kappa shape index (κ1) is 13.8. The Morgan fingerprint density at radius 2 is 1.94 bits per heavy atom. The number of aryl methyl sites for hydroxylation is 1. The van der Waals surface area contributed by atoms with Crippen LogP contribution in [-0.4, -0.2) is 12.4 Å². The van der Waals surface area contributed by atoms with Gasteiger partial charge in [-0.3, -0.25) is 4.79 Å². The lowest BCUT2D eigenvalue weighted by atomic mass is 9.85. The van der Waals surface area contributed by atoms with Gasteiger partial charge in [0.05, 0.1) is 6.61 Å². The first-order valence-corrected chi connectivity index (χ1v) is 6.04. The van der Waals surface area contributed by atoms with E-state index in [0.29, 0.717) is 13.0 Å². The number of benzene rings is 1. The van der Waals surface area contributed by atoms with E-state index in [9.17, 15) is 4.79 Å². The van der Waals surface area contributed by atoms with E-state index in [1.807, 2.05) is 12.1 Å². The number of hydrogen-bond donors (Lipinski definition) is 0. The molecular weight excluding hydrogens is 212 g/mol. The molecular formula is C15H22O2. The van der Waals surface area contributed by atoms with E-state index in [1.54, 1.807) is 6.92 Å². The van der Waals surface area contributed by atoms with Crippen molar-refractivity contribution < 1.29 is 9.53 Å². The minimum atomic E-state index is 0.0532. The Kier molecular flexibility index (Phi) is 4.33. The maximum absolute atomic E-state index is 10.9. The molecule has 2 nitrogen and oxygen atoms in total. The monoisotopic (exact) mass is 234 g/mol. The van der Waals surface area contributed by atoms with E-state index in [-0.39, 0.29) is 11.2 Å². The van der Waals surface area contributed by atoms with Crippen LogP contribution >= 0.6 is 0 Å². The van der Waals surface area contributed by atoms with Crippen LogP contribution in [-0.2, 0) is 10.2 Å². The minimum absolute atomic E-state index is 0.0532. The fourth-order valence-corrected chi connectivity index (χ4v) is 1.66. The molecule has 0 radical (unpaired) electrons. The number of carbonyl (C=O) groups excluding carboxylic acids is 1. The summed E-state index contributed by atoms with van der Waals surface area (Å²) >= 11 is 0. The lowest BCUT2D eigenvalue weighted by Crippen LogP contribution is -2.14. The van der Waals surface area contributed by atoms with Crippen molar-refractivity contribution >= 4 is 5.78 Å². The van der Waals surface area contributed by atoms with Crippen LogP contribution in [0, 0.1) is 6.92 Å². The summed E-state index contributed by atoms with van der Waals surface area (Å²) in [6.07, 6.45) is 0.470. The second-order valence-electron chi connectivity index (χ2n) is 5.55. The molecule has 0 fully saturated rings. The molecule has 17 heavy (non-hydrogen) atoms. The highest BCUT2D eigenvalue weighted by atomic mass is 16.5. The van der Waals surface area contributed by atoms with Gasteiger partial charge in [-0.2, -0.15) is 0 Å². The summed E-state index contributed by atoms with van der Waals surface area (Å²) < 4.78 is 5.71. The molecule has 0 amide bonds. The zero-order valence-corrected chi connectivity index (χ0v) is 11.5. The first-order chi connectivity index (χ1) is 7.80. The summed E-state index contributed by atoms with van der Waals surface area (Å²) in [7, 11) is 0. The van der Waals surface area contributed by atoms with Gasteiger partial charge >= 0.3 is 0 Å². The van der Waals surface area contributed by atoms with Crippen molar-refractivity contribution in [3.05, 3.63) is 29.3 Å². The van der Waals surface area contributed by atoms with Gasteiger partial charge in [-0.25, -0.2) is 0 Å². The molecule has 2 heteroatoms. The fourth-order valence-electron chi connectivity index (χ4n) is 1.66.